The van der Waals surface area contributed by atoms with Crippen LogP contribution in [-0.2, 0) is 9.47 Å². The summed E-state index contributed by atoms with van der Waals surface area (Å²) in [5, 5.41) is 0. The molecule has 0 unspecified atom stereocenters. The molecule has 2 heteroatoms. The molecule has 0 bridgehead atoms. The van der Waals surface area contributed by atoms with Gasteiger partial charge in [-0.25, -0.2) is 0 Å². The minimum absolute atomic E-state index is 0.249. The number of methoxy groups -OCH3 is 1. The largest absolute Gasteiger partial charge is 0.379 e. The first-order valence-corrected chi connectivity index (χ1v) is 6.96. The fraction of sp³-hybridized carbons (Fsp3) is 1.00. The lowest BCUT2D eigenvalue weighted by Gasteiger charge is -2.33. The predicted octanol–water partition coefficient (Wildman–Crippen LogP) is 3.93. The zero-order valence-electron chi connectivity index (χ0n) is 11.2. The van der Waals surface area contributed by atoms with E-state index in [1.165, 1.54) is 51.4 Å². The summed E-state index contributed by atoms with van der Waals surface area (Å²) in [4.78, 5) is 0. The first kappa shape index (κ1) is 14.0. The number of unbranched alkanes of at least 4 members (excludes halogenated alkanes) is 3. The van der Waals surface area contributed by atoms with E-state index in [9.17, 15) is 0 Å². The van der Waals surface area contributed by atoms with Crippen molar-refractivity contribution in [2.45, 2.75) is 83.5 Å². The molecule has 0 aromatic heterocycles. The molecule has 0 aromatic carbocycles. The topological polar surface area (TPSA) is 18.5 Å². The highest BCUT2D eigenvalue weighted by molar-refractivity contribution is 4.75. The first-order valence-electron chi connectivity index (χ1n) is 6.96. The van der Waals surface area contributed by atoms with Crippen LogP contribution in [0.4, 0.5) is 0 Å². The van der Waals surface area contributed by atoms with E-state index < -0.39 is 0 Å². The maximum Gasteiger partial charge on any atom is 0.0837 e. The smallest absolute Gasteiger partial charge is 0.0837 e. The summed E-state index contributed by atoms with van der Waals surface area (Å²) in [7, 11) is 1.78. The third kappa shape index (κ3) is 4.84. The van der Waals surface area contributed by atoms with Gasteiger partial charge in [0, 0.05) is 7.11 Å². The van der Waals surface area contributed by atoms with Crippen molar-refractivity contribution in [1.29, 1.82) is 0 Å². The molecule has 0 saturated carbocycles. The van der Waals surface area contributed by atoms with Gasteiger partial charge in [-0.1, -0.05) is 32.6 Å². The number of hydrogen-bond donors (Lipinski definition) is 0. The number of rotatable bonds is 7. The number of ether oxygens (including phenoxy) is 2. The van der Waals surface area contributed by atoms with E-state index in [0.29, 0.717) is 12.2 Å². The number of hydrogen-bond acceptors (Lipinski definition) is 2. The van der Waals surface area contributed by atoms with Crippen molar-refractivity contribution in [2.75, 3.05) is 7.11 Å². The monoisotopic (exact) mass is 228 g/mol. The molecule has 96 valence electrons. The summed E-state index contributed by atoms with van der Waals surface area (Å²) in [6.45, 7) is 4.37. The van der Waals surface area contributed by atoms with E-state index >= 15 is 0 Å². The second kappa shape index (κ2) is 8.08. The van der Waals surface area contributed by atoms with Crippen molar-refractivity contribution in [3.63, 3.8) is 0 Å². The van der Waals surface area contributed by atoms with Gasteiger partial charge in [0.1, 0.15) is 0 Å². The fourth-order valence-corrected chi connectivity index (χ4v) is 2.44. The average Bonchev–Trinajstić information content (AvgIpc) is 2.34. The van der Waals surface area contributed by atoms with Crippen LogP contribution in [0.5, 0.6) is 0 Å². The third-order valence-electron chi connectivity index (χ3n) is 3.66. The third-order valence-corrected chi connectivity index (χ3v) is 3.66. The van der Waals surface area contributed by atoms with E-state index in [0.717, 1.165) is 0 Å². The lowest BCUT2D eigenvalue weighted by atomic mass is 9.97. The van der Waals surface area contributed by atoms with E-state index in [4.69, 9.17) is 9.47 Å². The van der Waals surface area contributed by atoms with Gasteiger partial charge in [-0.05, 0) is 32.6 Å². The molecule has 3 atom stereocenters. The minimum atomic E-state index is 0.249. The molecular weight excluding hydrogens is 200 g/mol. The summed E-state index contributed by atoms with van der Waals surface area (Å²) in [6.07, 6.45) is 11.4. The van der Waals surface area contributed by atoms with Crippen LogP contribution in [0.3, 0.4) is 0 Å². The second-order valence-electron chi connectivity index (χ2n) is 5.02. The maximum absolute atomic E-state index is 6.09. The Kier molecular flexibility index (Phi) is 7.06. The van der Waals surface area contributed by atoms with Crippen molar-refractivity contribution in [1.82, 2.24) is 0 Å². The van der Waals surface area contributed by atoms with Crippen molar-refractivity contribution in [3.8, 4) is 0 Å². The molecule has 0 amide bonds. The van der Waals surface area contributed by atoms with E-state index in [-0.39, 0.29) is 6.10 Å². The fourth-order valence-electron chi connectivity index (χ4n) is 2.44. The molecule has 1 saturated heterocycles. The molecule has 1 rings (SSSR count). The van der Waals surface area contributed by atoms with Gasteiger partial charge in [0.15, 0.2) is 0 Å². The Morgan fingerprint density at radius 2 is 2.06 bits per heavy atom. The Bertz CT molecular complexity index is 170. The van der Waals surface area contributed by atoms with Crippen molar-refractivity contribution < 1.29 is 9.47 Å². The van der Waals surface area contributed by atoms with Crippen LogP contribution in [0.15, 0.2) is 0 Å². The predicted molar refractivity (Wildman–Crippen MR) is 67.7 cm³/mol. The van der Waals surface area contributed by atoms with Crippen molar-refractivity contribution >= 4 is 0 Å². The highest BCUT2D eigenvalue weighted by atomic mass is 16.5. The quantitative estimate of drug-likeness (QED) is 0.615. The van der Waals surface area contributed by atoms with Crippen LogP contribution < -0.4 is 0 Å². The maximum atomic E-state index is 6.09. The van der Waals surface area contributed by atoms with Crippen LogP contribution >= 0.6 is 0 Å². The normalized spacial score (nSPS) is 27.9. The van der Waals surface area contributed by atoms with Crippen LogP contribution in [0.2, 0.25) is 0 Å². The van der Waals surface area contributed by atoms with Gasteiger partial charge in [-0.3, -0.25) is 0 Å². The van der Waals surface area contributed by atoms with Gasteiger partial charge in [0.25, 0.3) is 0 Å². The lowest BCUT2D eigenvalue weighted by molar-refractivity contribution is -0.112. The Morgan fingerprint density at radius 1 is 1.25 bits per heavy atom. The second-order valence-corrected chi connectivity index (χ2v) is 5.02. The van der Waals surface area contributed by atoms with Crippen LogP contribution in [-0.4, -0.2) is 25.4 Å². The molecule has 16 heavy (non-hydrogen) atoms. The molecule has 0 spiro atoms. The molecule has 1 aliphatic heterocycles. The summed E-state index contributed by atoms with van der Waals surface area (Å²) >= 11 is 0. The van der Waals surface area contributed by atoms with Crippen molar-refractivity contribution in [2.24, 2.45) is 0 Å². The Balaban J connectivity index is 2.17. The van der Waals surface area contributed by atoms with Crippen LogP contribution in [0.1, 0.15) is 65.2 Å². The van der Waals surface area contributed by atoms with Crippen LogP contribution in [0.25, 0.3) is 0 Å². The van der Waals surface area contributed by atoms with E-state index in [1.807, 2.05) is 0 Å². The molecule has 1 fully saturated rings. The first-order chi connectivity index (χ1) is 7.77. The van der Waals surface area contributed by atoms with Gasteiger partial charge in [-0.2, -0.15) is 0 Å². The zero-order valence-corrected chi connectivity index (χ0v) is 11.2. The highest BCUT2D eigenvalue weighted by Gasteiger charge is 2.26. The average molecular weight is 228 g/mol. The standard InChI is InChI=1S/C14H28O2/c1-4-5-6-7-9-13-10-8-11-14(16-13)12(2)15-3/h12-14H,4-11H2,1-3H3/t12-,13-,14-/m0/s1. The SMILES string of the molecule is CCCCCC[C@H]1CCC[C@@H]([C@H](C)OC)O1. The molecular formula is C14H28O2. The summed E-state index contributed by atoms with van der Waals surface area (Å²) in [5.41, 5.74) is 0. The Hall–Kier alpha value is -0.0800. The zero-order chi connectivity index (χ0) is 11.8. The molecule has 0 N–H and O–H groups in total. The highest BCUT2D eigenvalue weighted by Crippen LogP contribution is 2.25. The van der Waals surface area contributed by atoms with Gasteiger partial charge in [0.05, 0.1) is 18.3 Å². The Labute approximate surface area is 101 Å². The molecule has 0 aromatic rings. The molecule has 1 heterocycles. The van der Waals surface area contributed by atoms with Gasteiger partial charge < -0.3 is 9.47 Å². The summed E-state index contributed by atoms with van der Waals surface area (Å²) < 4.78 is 11.5. The molecule has 2 nitrogen and oxygen atoms in total. The minimum Gasteiger partial charge on any atom is -0.379 e. The van der Waals surface area contributed by atoms with E-state index in [1.54, 1.807) is 7.11 Å². The lowest BCUT2D eigenvalue weighted by Crippen LogP contribution is -2.36. The van der Waals surface area contributed by atoms with Crippen molar-refractivity contribution in [3.05, 3.63) is 0 Å². The summed E-state index contributed by atoms with van der Waals surface area (Å²) in [5.74, 6) is 0. The Morgan fingerprint density at radius 3 is 2.75 bits per heavy atom. The van der Waals surface area contributed by atoms with Gasteiger partial charge in [0.2, 0.25) is 0 Å². The molecule has 1 aliphatic rings. The molecule has 0 aliphatic carbocycles. The van der Waals surface area contributed by atoms with Gasteiger partial charge in [-0.15, -0.1) is 0 Å². The molecule has 0 radical (unpaired) electrons. The van der Waals surface area contributed by atoms with Crippen LogP contribution in [0, 0.1) is 0 Å². The van der Waals surface area contributed by atoms with Gasteiger partial charge >= 0.3 is 0 Å². The summed E-state index contributed by atoms with van der Waals surface area (Å²) in [6, 6.07) is 0. The van der Waals surface area contributed by atoms with E-state index in [2.05, 4.69) is 13.8 Å².